The fraction of sp³-hybridized carbons (Fsp3) is 0.562. The summed E-state index contributed by atoms with van der Waals surface area (Å²) in [5.41, 5.74) is 1.79. The average Bonchev–Trinajstić information content (AvgIpc) is 2.73. The number of anilines is 1. The van der Waals surface area contributed by atoms with E-state index in [1.54, 1.807) is 0 Å². The molecule has 0 saturated carbocycles. The molecule has 0 atom stereocenters. The largest absolute Gasteiger partial charge is 0.395 e. The maximum atomic E-state index is 12.6. The van der Waals surface area contributed by atoms with E-state index in [-0.39, 0.29) is 12.5 Å². The van der Waals surface area contributed by atoms with Crippen LogP contribution in [0, 0.1) is 0 Å². The molecule has 1 aromatic carbocycles. The number of rotatable bonds is 4. The summed E-state index contributed by atoms with van der Waals surface area (Å²) in [7, 11) is 3.95. The number of nitrogens with zero attached hydrogens (tertiary/aromatic N) is 3. The Morgan fingerprint density at radius 1 is 1.24 bits per heavy atom. The molecule has 0 spiro atoms. The first kappa shape index (κ1) is 15.8. The fourth-order valence-electron chi connectivity index (χ4n) is 2.64. The van der Waals surface area contributed by atoms with Crippen molar-refractivity contribution in [1.29, 1.82) is 0 Å². The molecule has 1 saturated heterocycles. The van der Waals surface area contributed by atoms with Gasteiger partial charge in [-0.05, 0) is 31.2 Å². The molecule has 1 fully saturated rings. The lowest BCUT2D eigenvalue weighted by Crippen LogP contribution is -2.36. The smallest absolute Gasteiger partial charge is 0.253 e. The zero-order chi connectivity index (χ0) is 15.2. The zero-order valence-corrected chi connectivity index (χ0v) is 13.0. The molecule has 1 aliphatic heterocycles. The first-order valence-electron chi connectivity index (χ1n) is 7.51. The van der Waals surface area contributed by atoms with Crippen LogP contribution in [0.5, 0.6) is 0 Å². The number of carbonyl (C=O) groups excluding carboxylic acids is 1. The Hall–Kier alpha value is -1.59. The SMILES string of the molecule is CN(C)c1cccc(C(=O)N2CCCN(CCO)CC2)c1. The van der Waals surface area contributed by atoms with Crippen LogP contribution in [0.2, 0.25) is 0 Å². The van der Waals surface area contributed by atoms with Crippen molar-refractivity contribution in [3.05, 3.63) is 29.8 Å². The predicted octanol–water partition coefficient (Wildman–Crippen LogP) is 0.893. The highest BCUT2D eigenvalue weighted by atomic mass is 16.3. The van der Waals surface area contributed by atoms with E-state index in [4.69, 9.17) is 5.11 Å². The number of β-amino-alcohol motifs (C(OH)–C–C–N with tert-alkyl or cyclic N) is 1. The van der Waals surface area contributed by atoms with Crippen molar-refractivity contribution in [2.24, 2.45) is 0 Å². The summed E-state index contributed by atoms with van der Waals surface area (Å²) in [4.78, 5) is 18.8. The van der Waals surface area contributed by atoms with Gasteiger partial charge in [0.25, 0.3) is 5.91 Å². The van der Waals surface area contributed by atoms with E-state index in [1.807, 2.05) is 48.2 Å². The molecule has 1 aliphatic rings. The molecule has 0 aromatic heterocycles. The zero-order valence-electron chi connectivity index (χ0n) is 13.0. The second-order valence-corrected chi connectivity index (χ2v) is 5.66. The summed E-state index contributed by atoms with van der Waals surface area (Å²) < 4.78 is 0. The van der Waals surface area contributed by atoms with Crippen molar-refractivity contribution in [2.75, 3.05) is 58.3 Å². The maximum Gasteiger partial charge on any atom is 0.253 e. The van der Waals surface area contributed by atoms with Crippen LogP contribution in [0.1, 0.15) is 16.8 Å². The predicted molar refractivity (Wildman–Crippen MR) is 84.8 cm³/mol. The second-order valence-electron chi connectivity index (χ2n) is 5.66. The van der Waals surface area contributed by atoms with Gasteiger partial charge < -0.3 is 14.9 Å². The summed E-state index contributed by atoms with van der Waals surface area (Å²) in [5.74, 6) is 0.101. The van der Waals surface area contributed by atoms with Crippen molar-refractivity contribution in [3.8, 4) is 0 Å². The highest BCUT2D eigenvalue weighted by Crippen LogP contribution is 2.16. The molecule has 2 rings (SSSR count). The van der Waals surface area contributed by atoms with Crippen molar-refractivity contribution in [1.82, 2.24) is 9.80 Å². The van der Waals surface area contributed by atoms with Crippen LogP contribution in [0.3, 0.4) is 0 Å². The van der Waals surface area contributed by atoms with Crippen LogP contribution in [0.4, 0.5) is 5.69 Å². The molecule has 116 valence electrons. The molecule has 0 unspecified atom stereocenters. The Labute approximate surface area is 126 Å². The van der Waals surface area contributed by atoms with Gasteiger partial charge in [0.1, 0.15) is 0 Å². The van der Waals surface area contributed by atoms with Crippen molar-refractivity contribution < 1.29 is 9.90 Å². The molecule has 0 radical (unpaired) electrons. The van der Waals surface area contributed by atoms with E-state index >= 15 is 0 Å². The number of amides is 1. The van der Waals surface area contributed by atoms with E-state index in [0.29, 0.717) is 6.54 Å². The van der Waals surface area contributed by atoms with Gasteiger partial charge in [-0.15, -0.1) is 0 Å². The van der Waals surface area contributed by atoms with Gasteiger partial charge in [0.2, 0.25) is 0 Å². The Morgan fingerprint density at radius 2 is 2.05 bits per heavy atom. The molecule has 1 aromatic rings. The normalized spacial score (nSPS) is 16.6. The van der Waals surface area contributed by atoms with Gasteiger partial charge >= 0.3 is 0 Å². The molecule has 1 amide bonds. The van der Waals surface area contributed by atoms with E-state index in [1.165, 1.54) is 0 Å². The number of aliphatic hydroxyl groups is 1. The highest BCUT2D eigenvalue weighted by Gasteiger charge is 2.20. The quantitative estimate of drug-likeness (QED) is 0.895. The number of carbonyl (C=O) groups is 1. The van der Waals surface area contributed by atoms with Gasteiger partial charge in [0.15, 0.2) is 0 Å². The van der Waals surface area contributed by atoms with Crippen molar-refractivity contribution in [3.63, 3.8) is 0 Å². The van der Waals surface area contributed by atoms with Gasteiger partial charge in [-0.2, -0.15) is 0 Å². The van der Waals surface area contributed by atoms with Crippen LogP contribution in [0.25, 0.3) is 0 Å². The summed E-state index contributed by atoms with van der Waals surface area (Å²) in [6, 6.07) is 7.76. The first-order valence-corrected chi connectivity index (χ1v) is 7.51. The summed E-state index contributed by atoms with van der Waals surface area (Å²) in [6.45, 7) is 4.16. The van der Waals surface area contributed by atoms with Gasteiger partial charge in [0, 0.05) is 51.5 Å². The molecule has 1 heterocycles. The third-order valence-corrected chi connectivity index (χ3v) is 3.90. The minimum atomic E-state index is 0.101. The van der Waals surface area contributed by atoms with Crippen LogP contribution >= 0.6 is 0 Å². The summed E-state index contributed by atoms with van der Waals surface area (Å²) in [6.07, 6.45) is 0.957. The van der Waals surface area contributed by atoms with Crippen LogP contribution in [-0.2, 0) is 0 Å². The number of hydrogen-bond donors (Lipinski definition) is 1. The number of hydrogen-bond acceptors (Lipinski definition) is 4. The second kappa shape index (κ2) is 7.43. The van der Waals surface area contributed by atoms with E-state index in [2.05, 4.69) is 4.90 Å². The highest BCUT2D eigenvalue weighted by molar-refractivity contribution is 5.95. The molecule has 0 bridgehead atoms. The monoisotopic (exact) mass is 291 g/mol. The standard InChI is InChI=1S/C16H25N3O2/c1-17(2)15-6-3-5-14(13-15)16(21)19-8-4-7-18(9-10-19)11-12-20/h3,5-6,13,20H,4,7-12H2,1-2H3. The third-order valence-electron chi connectivity index (χ3n) is 3.90. The van der Waals surface area contributed by atoms with Gasteiger partial charge in [0.05, 0.1) is 6.61 Å². The molecular weight excluding hydrogens is 266 g/mol. The lowest BCUT2D eigenvalue weighted by Gasteiger charge is -2.22. The molecule has 0 aliphatic carbocycles. The number of benzene rings is 1. The minimum absolute atomic E-state index is 0.101. The maximum absolute atomic E-state index is 12.6. The average molecular weight is 291 g/mol. The molecule has 21 heavy (non-hydrogen) atoms. The Kier molecular flexibility index (Phi) is 5.59. The topological polar surface area (TPSA) is 47.0 Å². The van der Waals surface area contributed by atoms with Crippen molar-refractivity contribution in [2.45, 2.75) is 6.42 Å². The Balaban J connectivity index is 2.04. The van der Waals surface area contributed by atoms with E-state index in [9.17, 15) is 4.79 Å². The van der Waals surface area contributed by atoms with Crippen LogP contribution in [0.15, 0.2) is 24.3 Å². The van der Waals surface area contributed by atoms with Gasteiger partial charge in [-0.25, -0.2) is 0 Å². The molecule has 5 nitrogen and oxygen atoms in total. The van der Waals surface area contributed by atoms with E-state index in [0.717, 1.165) is 43.9 Å². The lowest BCUT2D eigenvalue weighted by molar-refractivity contribution is 0.0760. The van der Waals surface area contributed by atoms with Gasteiger partial charge in [-0.3, -0.25) is 9.69 Å². The number of aliphatic hydroxyl groups excluding tert-OH is 1. The van der Waals surface area contributed by atoms with Crippen molar-refractivity contribution >= 4 is 11.6 Å². The lowest BCUT2D eigenvalue weighted by atomic mass is 10.1. The van der Waals surface area contributed by atoms with Gasteiger partial charge in [-0.1, -0.05) is 6.07 Å². The molecular formula is C16H25N3O2. The Morgan fingerprint density at radius 3 is 2.76 bits per heavy atom. The molecule has 1 N–H and O–H groups in total. The minimum Gasteiger partial charge on any atom is -0.395 e. The van der Waals surface area contributed by atoms with Crippen LogP contribution in [-0.4, -0.2) is 74.2 Å². The fourth-order valence-corrected chi connectivity index (χ4v) is 2.64. The summed E-state index contributed by atoms with van der Waals surface area (Å²) >= 11 is 0. The Bertz CT molecular complexity index is 476. The summed E-state index contributed by atoms with van der Waals surface area (Å²) in [5, 5.41) is 9.02. The third kappa shape index (κ3) is 4.19. The van der Waals surface area contributed by atoms with Crippen LogP contribution < -0.4 is 4.90 Å². The molecule has 5 heteroatoms. The van der Waals surface area contributed by atoms with E-state index < -0.39 is 0 Å². The first-order chi connectivity index (χ1) is 10.1.